The number of carbonyl (C=O) groups is 2. The highest BCUT2D eigenvalue weighted by atomic mass is 32.2. The zero-order valence-corrected chi connectivity index (χ0v) is 19.3. The van der Waals surface area contributed by atoms with Crippen LogP contribution in [-0.2, 0) is 11.4 Å². The van der Waals surface area contributed by atoms with Crippen molar-refractivity contribution in [1.82, 2.24) is 4.90 Å². The van der Waals surface area contributed by atoms with Gasteiger partial charge >= 0.3 is 5.97 Å². The van der Waals surface area contributed by atoms with E-state index in [1.807, 2.05) is 12.1 Å². The van der Waals surface area contributed by atoms with Gasteiger partial charge in [-0.1, -0.05) is 12.1 Å². The van der Waals surface area contributed by atoms with E-state index in [1.54, 1.807) is 49.5 Å². The van der Waals surface area contributed by atoms with Gasteiger partial charge in [0.15, 0.2) is 5.17 Å². The molecule has 3 aromatic carbocycles. The molecule has 0 spiro atoms. The lowest BCUT2D eigenvalue weighted by Crippen LogP contribution is -2.23. The molecule has 1 aliphatic rings. The van der Waals surface area contributed by atoms with Crippen LogP contribution in [-0.4, -0.2) is 39.0 Å². The number of ether oxygens (including phenoxy) is 1. The number of non-ortho nitro benzene ring substituents is 1. The summed E-state index contributed by atoms with van der Waals surface area (Å²) in [6, 6.07) is 19.5. The lowest BCUT2D eigenvalue weighted by atomic mass is 10.2. The average molecular weight is 490 g/mol. The van der Waals surface area contributed by atoms with E-state index in [-0.39, 0.29) is 23.8 Å². The number of likely N-dealkylation sites (N-methyl/N-ethyl adjacent to an activating group) is 1. The highest BCUT2D eigenvalue weighted by Gasteiger charge is 2.30. The van der Waals surface area contributed by atoms with Crippen LogP contribution in [0, 0.1) is 10.1 Å². The van der Waals surface area contributed by atoms with Crippen molar-refractivity contribution < 1.29 is 24.4 Å². The maximum absolute atomic E-state index is 12.7. The Hall–Kier alpha value is -4.44. The molecule has 0 unspecified atom stereocenters. The van der Waals surface area contributed by atoms with Crippen molar-refractivity contribution in [1.29, 1.82) is 0 Å². The first-order valence-corrected chi connectivity index (χ1v) is 11.2. The van der Waals surface area contributed by atoms with E-state index in [4.69, 9.17) is 9.84 Å². The quantitative estimate of drug-likeness (QED) is 0.278. The summed E-state index contributed by atoms with van der Waals surface area (Å²) in [7, 11) is 1.63. The topological polar surface area (TPSA) is 122 Å². The number of carbonyl (C=O) groups excluding carboxylic acids is 1. The van der Waals surface area contributed by atoms with Gasteiger partial charge in [-0.05, 0) is 77.5 Å². The van der Waals surface area contributed by atoms with Crippen molar-refractivity contribution in [3.63, 3.8) is 0 Å². The maximum Gasteiger partial charge on any atom is 0.335 e. The zero-order valence-electron chi connectivity index (χ0n) is 18.5. The second-order valence-electron chi connectivity index (χ2n) is 7.50. The van der Waals surface area contributed by atoms with E-state index in [9.17, 15) is 19.7 Å². The van der Waals surface area contributed by atoms with Gasteiger partial charge in [0, 0.05) is 19.2 Å². The zero-order chi connectivity index (χ0) is 24.9. The molecule has 0 aliphatic carbocycles. The molecule has 10 heteroatoms. The molecule has 0 bridgehead atoms. The molecule has 1 N–H and O–H groups in total. The average Bonchev–Trinajstić information content (AvgIpc) is 3.11. The van der Waals surface area contributed by atoms with Crippen molar-refractivity contribution >= 4 is 46.3 Å². The van der Waals surface area contributed by atoms with Gasteiger partial charge in [-0.2, -0.15) is 0 Å². The number of rotatable bonds is 7. The van der Waals surface area contributed by atoms with E-state index in [0.29, 0.717) is 21.5 Å². The Kier molecular flexibility index (Phi) is 6.93. The minimum absolute atomic E-state index is 0.0282. The summed E-state index contributed by atoms with van der Waals surface area (Å²) in [4.78, 5) is 40.4. The molecular formula is C25H19N3O6S. The predicted octanol–water partition coefficient (Wildman–Crippen LogP) is 5.11. The van der Waals surface area contributed by atoms with Crippen LogP contribution in [0.15, 0.2) is 82.7 Å². The third-order valence-corrected chi connectivity index (χ3v) is 6.13. The molecule has 4 rings (SSSR count). The lowest BCUT2D eigenvalue weighted by molar-refractivity contribution is -0.384. The molecule has 0 atom stereocenters. The van der Waals surface area contributed by atoms with Crippen molar-refractivity contribution in [2.75, 3.05) is 7.05 Å². The number of aromatic carboxylic acids is 1. The summed E-state index contributed by atoms with van der Waals surface area (Å²) in [6.45, 7) is 0.269. The molecule has 1 aliphatic heterocycles. The molecule has 0 aromatic heterocycles. The van der Waals surface area contributed by atoms with Crippen LogP contribution < -0.4 is 4.74 Å². The summed E-state index contributed by atoms with van der Waals surface area (Å²) in [5, 5.41) is 20.2. The number of amidine groups is 1. The molecule has 3 aromatic rings. The van der Waals surface area contributed by atoms with Crippen molar-refractivity contribution in [2.45, 2.75) is 6.61 Å². The number of thioether (sulfide) groups is 1. The van der Waals surface area contributed by atoms with Crippen LogP contribution in [0.5, 0.6) is 5.75 Å². The number of nitrogens with zero attached hydrogens (tertiary/aromatic N) is 3. The van der Waals surface area contributed by atoms with Crippen molar-refractivity contribution in [3.8, 4) is 5.75 Å². The molecule has 9 nitrogen and oxygen atoms in total. The number of carboxylic acid groups (broad SMARTS) is 1. The van der Waals surface area contributed by atoms with Gasteiger partial charge in [-0.3, -0.25) is 19.8 Å². The van der Waals surface area contributed by atoms with Crippen LogP contribution in [0.1, 0.15) is 21.5 Å². The van der Waals surface area contributed by atoms with Gasteiger partial charge in [0.25, 0.3) is 11.6 Å². The predicted molar refractivity (Wildman–Crippen MR) is 133 cm³/mol. The molecule has 35 heavy (non-hydrogen) atoms. The van der Waals surface area contributed by atoms with E-state index >= 15 is 0 Å². The molecule has 1 amide bonds. The summed E-state index contributed by atoms with van der Waals surface area (Å²) < 4.78 is 5.74. The fourth-order valence-corrected chi connectivity index (χ4v) is 4.12. The summed E-state index contributed by atoms with van der Waals surface area (Å²) in [5.74, 6) is -0.575. The minimum Gasteiger partial charge on any atom is -0.489 e. The number of benzene rings is 3. The number of nitro groups is 1. The van der Waals surface area contributed by atoms with Crippen molar-refractivity contribution in [2.24, 2.45) is 4.99 Å². The van der Waals surface area contributed by atoms with Crippen LogP contribution in [0.25, 0.3) is 6.08 Å². The van der Waals surface area contributed by atoms with E-state index in [2.05, 4.69) is 4.99 Å². The standard InChI is InChI=1S/C25H19N3O6S/c1-27-23(29)22(35-25(27)26-19-8-6-18(7-9-19)24(30)31)14-16-4-12-21(13-5-16)34-15-17-2-10-20(11-3-17)28(32)33/h2-14H,15H2,1H3,(H,30,31)/b22-14-,26-25?. The third-order valence-electron chi connectivity index (χ3n) is 5.07. The smallest absolute Gasteiger partial charge is 0.335 e. The van der Waals surface area contributed by atoms with E-state index < -0.39 is 10.9 Å². The molecule has 0 saturated carbocycles. The van der Waals surface area contributed by atoms with Crippen LogP contribution in [0.4, 0.5) is 11.4 Å². The fraction of sp³-hybridized carbons (Fsp3) is 0.0800. The first-order chi connectivity index (χ1) is 16.8. The normalized spacial score (nSPS) is 15.6. The number of hydrogen-bond acceptors (Lipinski definition) is 7. The van der Waals surface area contributed by atoms with Gasteiger partial charge in [0.05, 0.1) is 21.1 Å². The molecule has 1 heterocycles. The summed E-state index contributed by atoms with van der Waals surface area (Å²) >= 11 is 1.23. The van der Waals surface area contributed by atoms with Crippen LogP contribution in [0.3, 0.4) is 0 Å². The largest absolute Gasteiger partial charge is 0.489 e. The highest BCUT2D eigenvalue weighted by Crippen LogP contribution is 2.33. The Labute approximate surface area is 204 Å². The van der Waals surface area contributed by atoms with Gasteiger partial charge < -0.3 is 9.84 Å². The monoisotopic (exact) mass is 489 g/mol. The summed E-state index contributed by atoms with van der Waals surface area (Å²) in [5.41, 5.74) is 2.36. The maximum atomic E-state index is 12.7. The van der Waals surface area contributed by atoms with Gasteiger partial charge in [0.2, 0.25) is 0 Å². The van der Waals surface area contributed by atoms with Crippen LogP contribution in [0.2, 0.25) is 0 Å². The Balaban J connectivity index is 1.41. The first kappa shape index (κ1) is 23.7. The molecule has 1 saturated heterocycles. The van der Waals surface area contributed by atoms with Gasteiger partial charge in [-0.15, -0.1) is 0 Å². The van der Waals surface area contributed by atoms with Crippen LogP contribution >= 0.6 is 11.8 Å². The SMILES string of the molecule is CN1C(=O)/C(=C/c2ccc(OCc3ccc([N+](=O)[O-])cc3)cc2)SC1=Nc1ccc(C(=O)O)cc1. The minimum atomic E-state index is -1.01. The van der Waals surface area contributed by atoms with Crippen molar-refractivity contribution in [3.05, 3.63) is 105 Å². The molecular weight excluding hydrogens is 470 g/mol. The Morgan fingerprint density at radius 3 is 2.34 bits per heavy atom. The molecule has 0 radical (unpaired) electrons. The Bertz CT molecular complexity index is 1330. The van der Waals surface area contributed by atoms with E-state index in [1.165, 1.54) is 40.9 Å². The number of aliphatic imine (C=N–C) groups is 1. The molecule has 1 fully saturated rings. The number of carboxylic acids is 1. The second kappa shape index (κ2) is 10.2. The number of hydrogen-bond donors (Lipinski definition) is 1. The Morgan fingerprint density at radius 2 is 1.74 bits per heavy atom. The molecule has 176 valence electrons. The fourth-order valence-electron chi connectivity index (χ4n) is 3.13. The number of amides is 1. The lowest BCUT2D eigenvalue weighted by Gasteiger charge is -2.07. The highest BCUT2D eigenvalue weighted by molar-refractivity contribution is 8.18. The second-order valence-corrected chi connectivity index (χ2v) is 8.51. The van der Waals surface area contributed by atoms with Gasteiger partial charge in [0.1, 0.15) is 12.4 Å². The third kappa shape index (κ3) is 5.74. The van der Waals surface area contributed by atoms with Gasteiger partial charge in [-0.25, -0.2) is 9.79 Å². The Morgan fingerprint density at radius 1 is 1.09 bits per heavy atom. The number of nitro benzene ring substituents is 1. The first-order valence-electron chi connectivity index (χ1n) is 10.4. The van der Waals surface area contributed by atoms with E-state index in [0.717, 1.165) is 11.1 Å². The summed E-state index contributed by atoms with van der Waals surface area (Å²) in [6.07, 6.45) is 1.76.